The van der Waals surface area contributed by atoms with Crippen LogP contribution in [0.25, 0.3) is 11.1 Å². The van der Waals surface area contributed by atoms with E-state index in [2.05, 4.69) is 4.98 Å². The fourth-order valence-corrected chi connectivity index (χ4v) is 3.09. The van der Waals surface area contributed by atoms with Crippen LogP contribution in [0.2, 0.25) is 5.02 Å². The molecular weight excluding hydrogens is 286 g/mol. The third kappa shape index (κ3) is 3.12. The highest BCUT2D eigenvalue weighted by molar-refractivity contribution is 7.87. The standard InChI is InChI=1S/C13H12ClNO3S/c1-2-18-19(16,17)13-9-11(14)3-4-12(13)10-5-7-15-8-6-10/h3-9H,2H2,1H3. The predicted octanol–water partition coefficient (Wildman–Crippen LogP) is 3.13. The van der Waals surface area contributed by atoms with Gasteiger partial charge >= 0.3 is 0 Å². The van der Waals surface area contributed by atoms with E-state index in [1.54, 1.807) is 43.6 Å². The molecule has 0 aliphatic carbocycles. The molecule has 100 valence electrons. The molecule has 2 rings (SSSR count). The van der Waals surface area contributed by atoms with E-state index < -0.39 is 10.1 Å². The summed E-state index contributed by atoms with van der Waals surface area (Å²) in [6.07, 6.45) is 3.20. The van der Waals surface area contributed by atoms with E-state index >= 15 is 0 Å². The van der Waals surface area contributed by atoms with Gasteiger partial charge in [0.05, 0.1) is 6.61 Å². The Morgan fingerprint density at radius 3 is 2.53 bits per heavy atom. The van der Waals surface area contributed by atoms with Crippen LogP contribution >= 0.6 is 11.6 Å². The molecule has 19 heavy (non-hydrogen) atoms. The minimum Gasteiger partial charge on any atom is -0.267 e. The summed E-state index contributed by atoms with van der Waals surface area (Å²) in [4.78, 5) is 3.97. The Labute approximate surface area is 117 Å². The van der Waals surface area contributed by atoms with Gasteiger partial charge in [0.2, 0.25) is 0 Å². The maximum absolute atomic E-state index is 12.1. The number of nitrogens with zero attached hydrogens (tertiary/aromatic N) is 1. The molecule has 0 amide bonds. The maximum atomic E-state index is 12.1. The van der Waals surface area contributed by atoms with E-state index in [1.165, 1.54) is 6.07 Å². The van der Waals surface area contributed by atoms with Crippen LogP contribution in [0, 0.1) is 0 Å². The molecule has 6 heteroatoms. The summed E-state index contributed by atoms with van der Waals surface area (Å²) in [6, 6.07) is 8.15. The summed E-state index contributed by atoms with van der Waals surface area (Å²) in [6.45, 7) is 1.69. The number of benzene rings is 1. The molecule has 4 nitrogen and oxygen atoms in total. The molecule has 0 saturated carbocycles. The number of hydrogen-bond donors (Lipinski definition) is 0. The summed E-state index contributed by atoms with van der Waals surface area (Å²) in [5.41, 5.74) is 1.28. The minimum atomic E-state index is -3.82. The third-order valence-corrected chi connectivity index (χ3v) is 4.13. The van der Waals surface area contributed by atoms with Gasteiger partial charge in [-0.1, -0.05) is 17.7 Å². The second-order valence-electron chi connectivity index (χ2n) is 3.74. The van der Waals surface area contributed by atoms with Gasteiger partial charge < -0.3 is 0 Å². The van der Waals surface area contributed by atoms with Gasteiger partial charge in [-0.25, -0.2) is 0 Å². The molecule has 0 unspecified atom stereocenters. The van der Waals surface area contributed by atoms with E-state index in [4.69, 9.17) is 15.8 Å². The van der Waals surface area contributed by atoms with Gasteiger partial charge in [-0.05, 0) is 36.8 Å². The number of hydrogen-bond acceptors (Lipinski definition) is 4. The van der Waals surface area contributed by atoms with Gasteiger partial charge in [-0.15, -0.1) is 0 Å². The summed E-state index contributed by atoms with van der Waals surface area (Å²) < 4.78 is 29.0. The first-order valence-electron chi connectivity index (χ1n) is 5.64. The zero-order valence-electron chi connectivity index (χ0n) is 10.2. The van der Waals surface area contributed by atoms with Crippen LogP contribution in [0.5, 0.6) is 0 Å². The zero-order chi connectivity index (χ0) is 13.9. The highest BCUT2D eigenvalue weighted by atomic mass is 35.5. The van der Waals surface area contributed by atoms with E-state index in [-0.39, 0.29) is 11.5 Å². The monoisotopic (exact) mass is 297 g/mol. The zero-order valence-corrected chi connectivity index (χ0v) is 11.8. The second kappa shape index (κ2) is 5.69. The molecule has 0 spiro atoms. The Kier molecular flexibility index (Phi) is 4.19. The van der Waals surface area contributed by atoms with Gasteiger partial charge in [0.15, 0.2) is 0 Å². The largest absolute Gasteiger partial charge is 0.297 e. The summed E-state index contributed by atoms with van der Waals surface area (Å²) in [5.74, 6) is 0. The van der Waals surface area contributed by atoms with Crippen molar-refractivity contribution in [1.82, 2.24) is 4.98 Å². The third-order valence-electron chi connectivity index (χ3n) is 2.48. The van der Waals surface area contributed by atoms with Crippen molar-refractivity contribution in [3.63, 3.8) is 0 Å². The minimum absolute atomic E-state index is 0.0630. The lowest BCUT2D eigenvalue weighted by Crippen LogP contribution is -2.07. The van der Waals surface area contributed by atoms with Crippen molar-refractivity contribution < 1.29 is 12.6 Å². The van der Waals surface area contributed by atoms with Crippen molar-refractivity contribution in [3.05, 3.63) is 47.7 Å². The van der Waals surface area contributed by atoms with Gasteiger partial charge in [0.25, 0.3) is 10.1 Å². The molecule has 1 aromatic heterocycles. The van der Waals surface area contributed by atoms with Crippen molar-refractivity contribution in [3.8, 4) is 11.1 Å². The van der Waals surface area contributed by atoms with E-state index in [0.29, 0.717) is 10.6 Å². The van der Waals surface area contributed by atoms with Crippen molar-refractivity contribution in [2.24, 2.45) is 0 Å². The first-order chi connectivity index (χ1) is 9.04. The van der Waals surface area contributed by atoms with Gasteiger partial charge in [-0.2, -0.15) is 8.42 Å². The molecule has 1 heterocycles. The lowest BCUT2D eigenvalue weighted by Gasteiger charge is -2.10. The first kappa shape index (κ1) is 14.0. The molecule has 0 fully saturated rings. The number of rotatable bonds is 4. The van der Waals surface area contributed by atoms with Crippen LogP contribution in [0.15, 0.2) is 47.6 Å². The first-order valence-corrected chi connectivity index (χ1v) is 7.42. The molecule has 0 bridgehead atoms. The Morgan fingerprint density at radius 1 is 1.21 bits per heavy atom. The molecule has 0 radical (unpaired) electrons. The van der Waals surface area contributed by atoms with Gasteiger partial charge in [0.1, 0.15) is 4.90 Å². The molecule has 1 aromatic carbocycles. The van der Waals surface area contributed by atoms with Crippen molar-refractivity contribution in [1.29, 1.82) is 0 Å². The van der Waals surface area contributed by atoms with Gasteiger partial charge in [0, 0.05) is 23.0 Å². The molecule has 2 aromatic rings. The number of halogens is 1. The van der Waals surface area contributed by atoms with Crippen LogP contribution in [-0.4, -0.2) is 20.0 Å². The Hall–Kier alpha value is -1.43. The average Bonchev–Trinajstić information content (AvgIpc) is 2.39. The van der Waals surface area contributed by atoms with E-state index in [1.807, 2.05) is 0 Å². The molecular formula is C13H12ClNO3S. The van der Waals surface area contributed by atoms with Gasteiger partial charge in [-0.3, -0.25) is 9.17 Å². The number of aromatic nitrogens is 1. The average molecular weight is 298 g/mol. The Bertz CT molecular complexity index is 672. The fraction of sp³-hybridized carbons (Fsp3) is 0.154. The summed E-state index contributed by atoms with van der Waals surface area (Å²) in [5, 5.41) is 0.344. The van der Waals surface area contributed by atoms with Crippen molar-refractivity contribution >= 4 is 21.7 Å². The van der Waals surface area contributed by atoms with E-state index in [9.17, 15) is 8.42 Å². The molecule has 0 atom stereocenters. The normalized spacial score (nSPS) is 11.5. The SMILES string of the molecule is CCOS(=O)(=O)c1cc(Cl)ccc1-c1ccncc1. The summed E-state index contributed by atoms with van der Waals surface area (Å²) in [7, 11) is -3.82. The van der Waals surface area contributed by atoms with E-state index in [0.717, 1.165) is 5.56 Å². The Morgan fingerprint density at radius 2 is 1.89 bits per heavy atom. The lowest BCUT2D eigenvalue weighted by molar-refractivity contribution is 0.338. The summed E-state index contributed by atoms with van der Waals surface area (Å²) >= 11 is 5.88. The predicted molar refractivity (Wildman–Crippen MR) is 73.5 cm³/mol. The molecule has 0 aliphatic heterocycles. The smallest absolute Gasteiger partial charge is 0.267 e. The van der Waals surface area contributed by atoms with Crippen LogP contribution in [0.1, 0.15) is 6.92 Å². The molecule has 0 saturated heterocycles. The van der Waals surface area contributed by atoms with Crippen LogP contribution in [0.4, 0.5) is 0 Å². The highest BCUT2D eigenvalue weighted by Gasteiger charge is 2.20. The fourth-order valence-electron chi connectivity index (χ4n) is 1.69. The topological polar surface area (TPSA) is 56.3 Å². The van der Waals surface area contributed by atoms with Crippen LogP contribution in [0.3, 0.4) is 0 Å². The van der Waals surface area contributed by atoms with Crippen molar-refractivity contribution in [2.75, 3.05) is 6.61 Å². The maximum Gasteiger partial charge on any atom is 0.297 e. The quantitative estimate of drug-likeness (QED) is 0.814. The van der Waals surface area contributed by atoms with Crippen LogP contribution in [-0.2, 0) is 14.3 Å². The lowest BCUT2D eigenvalue weighted by atomic mass is 10.1. The molecule has 0 aliphatic rings. The number of pyridine rings is 1. The van der Waals surface area contributed by atoms with Crippen LogP contribution < -0.4 is 0 Å². The second-order valence-corrected chi connectivity index (χ2v) is 5.76. The van der Waals surface area contributed by atoms with Crippen molar-refractivity contribution in [2.45, 2.75) is 11.8 Å². The Balaban J connectivity index is 2.64. The highest BCUT2D eigenvalue weighted by Crippen LogP contribution is 2.30. The molecule has 0 N–H and O–H groups in total.